The summed E-state index contributed by atoms with van der Waals surface area (Å²) in [5.41, 5.74) is 2.24. The third kappa shape index (κ3) is 3.07. The molecular formula is C17H18N2O4S. The van der Waals surface area contributed by atoms with Gasteiger partial charge in [-0.3, -0.25) is 9.59 Å². The molecule has 7 heteroatoms. The number of fused-ring (bicyclic) bond motifs is 1. The molecule has 0 radical (unpaired) electrons. The first-order valence-electron chi connectivity index (χ1n) is 7.50. The molecule has 1 aromatic heterocycles. The van der Waals surface area contributed by atoms with Crippen molar-refractivity contribution < 1.29 is 19.1 Å². The molecule has 0 atom stereocenters. The molecule has 2 heterocycles. The summed E-state index contributed by atoms with van der Waals surface area (Å²) in [5.74, 6) is 0.954. The molecule has 6 nitrogen and oxygen atoms in total. The van der Waals surface area contributed by atoms with E-state index in [0.29, 0.717) is 22.1 Å². The van der Waals surface area contributed by atoms with E-state index in [2.05, 4.69) is 10.6 Å². The Balaban J connectivity index is 1.76. The number of hydrogen-bond acceptors (Lipinski definition) is 5. The summed E-state index contributed by atoms with van der Waals surface area (Å²) in [6, 6.07) is 5.42. The Morgan fingerprint density at radius 2 is 1.96 bits per heavy atom. The van der Waals surface area contributed by atoms with Crippen molar-refractivity contribution in [2.75, 3.05) is 19.2 Å². The van der Waals surface area contributed by atoms with Gasteiger partial charge in [0.25, 0.3) is 5.91 Å². The first-order chi connectivity index (χ1) is 11.5. The van der Waals surface area contributed by atoms with Crippen LogP contribution < -0.4 is 20.1 Å². The maximum Gasteiger partial charge on any atom is 0.254 e. The number of rotatable bonds is 4. The van der Waals surface area contributed by atoms with E-state index >= 15 is 0 Å². The topological polar surface area (TPSA) is 76.7 Å². The minimum absolute atomic E-state index is 0.180. The maximum absolute atomic E-state index is 12.4. The van der Waals surface area contributed by atoms with Crippen molar-refractivity contribution in [2.45, 2.75) is 20.3 Å². The van der Waals surface area contributed by atoms with Gasteiger partial charge in [-0.15, -0.1) is 11.3 Å². The first kappa shape index (κ1) is 16.3. The number of carbonyl (C=O) groups is 2. The molecule has 0 spiro atoms. The van der Waals surface area contributed by atoms with E-state index in [-0.39, 0.29) is 25.0 Å². The van der Waals surface area contributed by atoms with E-state index < -0.39 is 0 Å². The SMILES string of the molecule is CNC(=O)c1c(NC(=O)Cc2ccc3c(c2)OCO3)sc(C)c1C. The Hall–Kier alpha value is -2.54. The van der Waals surface area contributed by atoms with Crippen molar-refractivity contribution >= 4 is 28.2 Å². The quantitative estimate of drug-likeness (QED) is 0.892. The van der Waals surface area contributed by atoms with Gasteiger partial charge >= 0.3 is 0 Å². The molecule has 0 bridgehead atoms. The van der Waals surface area contributed by atoms with Gasteiger partial charge < -0.3 is 20.1 Å². The molecule has 126 valence electrons. The summed E-state index contributed by atoms with van der Waals surface area (Å²) in [6.45, 7) is 4.01. The highest BCUT2D eigenvalue weighted by Crippen LogP contribution is 2.34. The number of thiophene rings is 1. The van der Waals surface area contributed by atoms with Gasteiger partial charge in [0.1, 0.15) is 5.00 Å². The standard InChI is InChI=1S/C17H18N2O4S/c1-9-10(2)24-17(15(9)16(21)18-3)19-14(20)7-11-4-5-12-13(6-11)23-8-22-12/h4-6H,7-8H2,1-3H3,(H,18,21)(H,19,20). The lowest BCUT2D eigenvalue weighted by atomic mass is 10.1. The first-order valence-corrected chi connectivity index (χ1v) is 8.31. The summed E-state index contributed by atoms with van der Waals surface area (Å²) in [5, 5.41) is 6.04. The van der Waals surface area contributed by atoms with E-state index in [1.165, 1.54) is 11.3 Å². The second-order valence-electron chi connectivity index (χ2n) is 5.48. The zero-order valence-corrected chi connectivity index (χ0v) is 14.5. The fraction of sp³-hybridized carbons (Fsp3) is 0.294. The van der Waals surface area contributed by atoms with Crippen molar-refractivity contribution in [3.8, 4) is 11.5 Å². The van der Waals surface area contributed by atoms with Crippen LogP contribution in [-0.4, -0.2) is 25.7 Å². The second-order valence-corrected chi connectivity index (χ2v) is 6.70. The number of benzene rings is 1. The van der Waals surface area contributed by atoms with E-state index in [4.69, 9.17) is 9.47 Å². The van der Waals surface area contributed by atoms with E-state index in [9.17, 15) is 9.59 Å². The molecule has 0 saturated carbocycles. The van der Waals surface area contributed by atoms with Gasteiger partial charge in [-0.05, 0) is 37.1 Å². The molecule has 1 aliphatic rings. The molecule has 0 fully saturated rings. The highest BCUT2D eigenvalue weighted by molar-refractivity contribution is 7.16. The molecule has 0 aliphatic carbocycles. The Bertz CT molecular complexity index is 813. The Labute approximate surface area is 143 Å². The predicted octanol–water partition coefficient (Wildman–Crippen LogP) is 2.63. The summed E-state index contributed by atoms with van der Waals surface area (Å²) >= 11 is 1.41. The van der Waals surface area contributed by atoms with Crippen LogP contribution in [0.15, 0.2) is 18.2 Å². The van der Waals surface area contributed by atoms with Crippen LogP contribution in [0.4, 0.5) is 5.00 Å². The minimum Gasteiger partial charge on any atom is -0.454 e. The summed E-state index contributed by atoms with van der Waals surface area (Å²) in [4.78, 5) is 25.4. The highest BCUT2D eigenvalue weighted by atomic mass is 32.1. The van der Waals surface area contributed by atoms with E-state index in [1.54, 1.807) is 19.2 Å². The van der Waals surface area contributed by atoms with Crippen LogP contribution >= 0.6 is 11.3 Å². The zero-order chi connectivity index (χ0) is 17.3. The largest absolute Gasteiger partial charge is 0.454 e. The van der Waals surface area contributed by atoms with Crippen LogP contribution in [-0.2, 0) is 11.2 Å². The van der Waals surface area contributed by atoms with Gasteiger partial charge in [0, 0.05) is 11.9 Å². The number of nitrogens with one attached hydrogen (secondary N) is 2. The molecule has 0 unspecified atom stereocenters. The molecule has 3 rings (SSSR count). The van der Waals surface area contributed by atoms with Crippen LogP contribution in [0.25, 0.3) is 0 Å². The molecule has 1 aromatic carbocycles. The van der Waals surface area contributed by atoms with Gasteiger partial charge in [-0.1, -0.05) is 6.07 Å². The monoisotopic (exact) mass is 346 g/mol. The molecular weight excluding hydrogens is 328 g/mol. The van der Waals surface area contributed by atoms with Crippen molar-refractivity contribution in [2.24, 2.45) is 0 Å². The van der Waals surface area contributed by atoms with Gasteiger partial charge in [0.05, 0.1) is 12.0 Å². The number of hydrogen-bond donors (Lipinski definition) is 2. The highest BCUT2D eigenvalue weighted by Gasteiger charge is 2.20. The third-order valence-electron chi connectivity index (χ3n) is 3.89. The summed E-state index contributed by atoms with van der Waals surface area (Å²) in [7, 11) is 1.58. The lowest BCUT2D eigenvalue weighted by Gasteiger charge is -2.07. The lowest BCUT2D eigenvalue weighted by Crippen LogP contribution is -2.21. The van der Waals surface area contributed by atoms with Crippen molar-refractivity contribution in [1.82, 2.24) is 5.32 Å². The van der Waals surface area contributed by atoms with Crippen LogP contribution in [0.2, 0.25) is 0 Å². The lowest BCUT2D eigenvalue weighted by molar-refractivity contribution is -0.115. The maximum atomic E-state index is 12.4. The van der Waals surface area contributed by atoms with Gasteiger partial charge in [0.15, 0.2) is 11.5 Å². The molecule has 0 saturated heterocycles. The van der Waals surface area contributed by atoms with E-state index in [1.807, 2.05) is 19.9 Å². The minimum atomic E-state index is -0.199. The number of ether oxygens (including phenoxy) is 2. The van der Waals surface area contributed by atoms with Crippen molar-refractivity contribution in [3.05, 3.63) is 39.8 Å². The van der Waals surface area contributed by atoms with Crippen LogP contribution in [0, 0.1) is 13.8 Å². The molecule has 2 N–H and O–H groups in total. The van der Waals surface area contributed by atoms with Crippen LogP contribution in [0.5, 0.6) is 11.5 Å². The van der Waals surface area contributed by atoms with Crippen molar-refractivity contribution in [1.29, 1.82) is 0 Å². The Kier molecular flexibility index (Phi) is 4.44. The molecule has 24 heavy (non-hydrogen) atoms. The predicted molar refractivity (Wildman–Crippen MR) is 92.1 cm³/mol. The van der Waals surface area contributed by atoms with E-state index in [0.717, 1.165) is 16.0 Å². The van der Waals surface area contributed by atoms with Crippen LogP contribution in [0.1, 0.15) is 26.4 Å². The van der Waals surface area contributed by atoms with Crippen molar-refractivity contribution in [3.63, 3.8) is 0 Å². The summed E-state index contributed by atoms with van der Waals surface area (Å²) in [6.07, 6.45) is 0.194. The molecule has 1 aliphatic heterocycles. The smallest absolute Gasteiger partial charge is 0.254 e. The Morgan fingerprint density at radius 3 is 2.71 bits per heavy atom. The van der Waals surface area contributed by atoms with Gasteiger partial charge in [-0.2, -0.15) is 0 Å². The molecule has 2 amide bonds. The number of anilines is 1. The summed E-state index contributed by atoms with van der Waals surface area (Å²) < 4.78 is 10.6. The second kappa shape index (κ2) is 6.52. The number of carbonyl (C=O) groups excluding carboxylic acids is 2. The number of amides is 2. The Morgan fingerprint density at radius 1 is 1.21 bits per heavy atom. The van der Waals surface area contributed by atoms with Crippen LogP contribution in [0.3, 0.4) is 0 Å². The average molecular weight is 346 g/mol. The third-order valence-corrected chi connectivity index (χ3v) is 5.02. The van der Waals surface area contributed by atoms with Gasteiger partial charge in [0.2, 0.25) is 12.7 Å². The average Bonchev–Trinajstić information content (AvgIpc) is 3.11. The fourth-order valence-electron chi connectivity index (χ4n) is 2.52. The fourth-order valence-corrected chi connectivity index (χ4v) is 3.59. The number of aryl methyl sites for hydroxylation is 1. The normalized spacial score (nSPS) is 12.1. The zero-order valence-electron chi connectivity index (χ0n) is 13.7. The molecule has 2 aromatic rings. The van der Waals surface area contributed by atoms with Gasteiger partial charge in [-0.25, -0.2) is 0 Å².